The maximum Gasteiger partial charge on any atom is 0.143 e. The first-order valence-electron chi connectivity index (χ1n) is 6.10. The third kappa shape index (κ3) is 4.17. The molecule has 0 saturated heterocycles. The lowest BCUT2D eigenvalue weighted by Gasteiger charge is -2.07. The molecule has 5 heteroatoms. The number of halogens is 1. The highest BCUT2D eigenvalue weighted by molar-refractivity contribution is 6.30. The summed E-state index contributed by atoms with van der Waals surface area (Å²) in [6.45, 7) is 0.483. The van der Waals surface area contributed by atoms with Gasteiger partial charge < -0.3 is 15.7 Å². The van der Waals surface area contributed by atoms with Gasteiger partial charge in [-0.25, -0.2) is 0 Å². The van der Waals surface area contributed by atoms with E-state index in [-0.39, 0.29) is 5.84 Å². The molecule has 0 unspecified atom stereocenters. The van der Waals surface area contributed by atoms with Crippen molar-refractivity contribution >= 4 is 17.4 Å². The Morgan fingerprint density at radius 2 is 1.65 bits per heavy atom. The van der Waals surface area contributed by atoms with Gasteiger partial charge in [-0.2, -0.15) is 0 Å². The Morgan fingerprint density at radius 1 is 1.05 bits per heavy atom. The normalized spacial score (nSPS) is 11.3. The Morgan fingerprint density at radius 3 is 2.25 bits per heavy atom. The van der Waals surface area contributed by atoms with Crippen LogP contribution in [0.2, 0.25) is 5.02 Å². The average Bonchev–Trinajstić information content (AvgIpc) is 2.48. The maximum absolute atomic E-state index is 8.51. The quantitative estimate of drug-likeness (QED) is 0.384. The Hall–Kier alpha value is -2.20. The van der Waals surface area contributed by atoms with E-state index < -0.39 is 0 Å². The first-order chi connectivity index (χ1) is 9.67. The van der Waals surface area contributed by atoms with E-state index in [1.54, 1.807) is 0 Å². The van der Waals surface area contributed by atoms with Crippen LogP contribution in [0.1, 0.15) is 11.1 Å². The Bertz CT molecular complexity index is 580. The predicted molar refractivity (Wildman–Crippen MR) is 79.3 cm³/mol. The Balaban J connectivity index is 1.92. The third-order valence-electron chi connectivity index (χ3n) is 2.76. The molecule has 0 radical (unpaired) electrons. The maximum atomic E-state index is 8.51. The lowest BCUT2D eigenvalue weighted by molar-refractivity contribution is 0.306. The standard InChI is InChI=1S/C15H15ClN2O2/c16-13-5-1-12(2-6-13)10-20-14-7-3-11(4-8-14)9-15(17)18-19/h1-8,19H,9-10H2,(H2,17,18). The van der Waals surface area contributed by atoms with Crippen LogP contribution in [0, 0.1) is 0 Å². The molecule has 0 fully saturated rings. The van der Waals surface area contributed by atoms with Gasteiger partial charge in [0, 0.05) is 11.4 Å². The zero-order valence-electron chi connectivity index (χ0n) is 10.8. The van der Waals surface area contributed by atoms with Gasteiger partial charge in [0.25, 0.3) is 0 Å². The summed E-state index contributed by atoms with van der Waals surface area (Å²) in [4.78, 5) is 0. The summed E-state index contributed by atoms with van der Waals surface area (Å²) in [5.74, 6) is 0.947. The van der Waals surface area contributed by atoms with E-state index in [4.69, 9.17) is 27.3 Å². The molecule has 104 valence electrons. The van der Waals surface area contributed by atoms with Gasteiger partial charge in [-0.3, -0.25) is 0 Å². The van der Waals surface area contributed by atoms with E-state index in [1.807, 2.05) is 48.5 Å². The Kier molecular flexibility index (Phi) is 4.85. The molecular formula is C15H15ClN2O2. The van der Waals surface area contributed by atoms with Crippen LogP contribution in [0.15, 0.2) is 53.7 Å². The van der Waals surface area contributed by atoms with Crippen LogP contribution < -0.4 is 10.5 Å². The van der Waals surface area contributed by atoms with Crippen LogP contribution >= 0.6 is 11.6 Å². The third-order valence-corrected chi connectivity index (χ3v) is 3.01. The van der Waals surface area contributed by atoms with Crippen molar-refractivity contribution in [1.82, 2.24) is 0 Å². The monoisotopic (exact) mass is 290 g/mol. The number of oxime groups is 1. The molecule has 0 aliphatic rings. The molecule has 0 aliphatic carbocycles. The molecule has 2 rings (SSSR count). The minimum absolute atomic E-state index is 0.180. The van der Waals surface area contributed by atoms with Crippen LogP contribution in [0.25, 0.3) is 0 Å². The zero-order chi connectivity index (χ0) is 14.4. The second-order valence-corrected chi connectivity index (χ2v) is 4.76. The zero-order valence-corrected chi connectivity index (χ0v) is 11.5. The number of rotatable bonds is 5. The summed E-state index contributed by atoms with van der Waals surface area (Å²) < 4.78 is 5.66. The second-order valence-electron chi connectivity index (χ2n) is 4.33. The molecule has 0 heterocycles. The van der Waals surface area contributed by atoms with Gasteiger partial charge in [-0.15, -0.1) is 0 Å². The van der Waals surface area contributed by atoms with E-state index in [0.717, 1.165) is 16.9 Å². The van der Waals surface area contributed by atoms with Crippen molar-refractivity contribution in [1.29, 1.82) is 0 Å². The van der Waals surface area contributed by atoms with Crippen molar-refractivity contribution in [3.8, 4) is 5.75 Å². The van der Waals surface area contributed by atoms with Gasteiger partial charge >= 0.3 is 0 Å². The van der Waals surface area contributed by atoms with Gasteiger partial charge in [0.1, 0.15) is 18.2 Å². The number of hydrogen-bond donors (Lipinski definition) is 2. The topological polar surface area (TPSA) is 67.8 Å². The van der Waals surface area contributed by atoms with Crippen LogP contribution in [0.3, 0.4) is 0 Å². The van der Waals surface area contributed by atoms with Crippen LogP contribution in [0.5, 0.6) is 5.75 Å². The molecule has 20 heavy (non-hydrogen) atoms. The van der Waals surface area contributed by atoms with Gasteiger partial charge in [-0.1, -0.05) is 41.0 Å². The summed E-state index contributed by atoms with van der Waals surface area (Å²) in [6.07, 6.45) is 0.411. The molecule has 3 N–H and O–H groups in total. The highest BCUT2D eigenvalue weighted by Gasteiger charge is 2.00. The molecular weight excluding hydrogens is 276 g/mol. The summed E-state index contributed by atoms with van der Waals surface area (Å²) in [7, 11) is 0. The number of benzene rings is 2. The molecule has 0 atom stereocenters. The van der Waals surface area contributed by atoms with Gasteiger partial charge in [-0.05, 0) is 35.4 Å². The fourth-order valence-electron chi connectivity index (χ4n) is 1.70. The molecule has 0 saturated carbocycles. The summed E-state index contributed by atoms with van der Waals surface area (Å²) in [6, 6.07) is 15.0. The van der Waals surface area contributed by atoms with Crippen LogP contribution in [-0.4, -0.2) is 11.0 Å². The van der Waals surface area contributed by atoms with Crippen molar-refractivity contribution < 1.29 is 9.94 Å². The Labute approximate surface area is 122 Å². The highest BCUT2D eigenvalue weighted by Crippen LogP contribution is 2.16. The molecule has 0 amide bonds. The van der Waals surface area contributed by atoms with E-state index in [0.29, 0.717) is 18.1 Å². The molecule has 0 aromatic heterocycles. The average molecular weight is 291 g/mol. The first-order valence-corrected chi connectivity index (χ1v) is 6.48. The largest absolute Gasteiger partial charge is 0.489 e. The van der Waals surface area contributed by atoms with Crippen molar-refractivity contribution in [2.45, 2.75) is 13.0 Å². The molecule has 2 aromatic carbocycles. The fraction of sp³-hybridized carbons (Fsp3) is 0.133. The molecule has 4 nitrogen and oxygen atoms in total. The highest BCUT2D eigenvalue weighted by atomic mass is 35.5. The van der Waals surface area contributed by atoms with Crippen molar-refractivity contribution in [2.75, 3.05) is 0 Å². The lowest BCUT2D eigenvalue weighted by Crippen LogP contribution is -2.14. The molecule has 0 spiro atoms. The number of amidine groups is 1. The number of ether oxygens (including phenoxy) is 1. The minimum Gasteiger partial charge on any atom is -0.489 e. The smallest absolute Gasteiger partial charge is 0.143 e. The summed E-state index contributed by atoms with van der Waals surface area (Å²) in [5, 5.41) is 12.2. The fourth-order valence-corrected chi connectivity index (χ4v) is 1.82. The van der Waals surface area contributed by atoms with Crippen LogP contribution in [0.4, 0.5) is 0 Å². The van der Waals surface area contributed by atoms with E-state index in [2.05, 4.69) is 5.16 Å². The van der Waals surface area contributed by atoms with Crippen molar-refractivity contribution in [2.24, 2.45) is 10.9 Å². The molecule has 0 aliphatic heterocycles. The van der Waals surface area contributed by atoms with E-state index in [1.165, 1.54) is 0 Å². The van der Waals surface area contributed by atoms with Crippen LogP contribution in [-0.2, 0) is 13.0 Å². The van der Waals surface area contributed by atoms with Gasteiger partial charge in [0.2, 0.25) is 0 Å². The van der Waals surface area contributed by atoms with Crippen molar-refractivity contribution in [3.63, 3.8) is 0 Å². The first kappa shape index (κ1) is 14.2. The van der Waals surface area contributed by atoms with E-state index in [9.17, 15) is 0 Å². The summed E-state index contributed by atoms with van der Waals surface area (Å²) >= 11 is 5.82. The number of nitrogens with zero attached hydrogens (tertiary/aromatic N) is 1. The van der Waals surface area contributed by atoms with Gasteiger partial charge in [0.15, 0.2) is 0 Å². The predicted octanol–water partition coefficient (Wildman–Crippen LogP) is 3.21. The SMILES string of the molecule is N/C(Cc1ccc(OCc2ccc(Cl)cc2)cc1)=N\O. The van der Waals surface area contributed by atoms with E-state index >= 15 is 0 Å². The summed E-state index contributed by atoms with van der Waals surface area (Å²) in [5.41, 5.74) is 7.46. The lowest BCUT2D eigenvalue weighted by atomic mass is 10.1. The van der Waals surface area contributed by atoms with Crippen molar-refractivity contribution in [3.05, 3.63) is 64.7 Å². The second kappa shape index (κ2) is 6.82. The molecule has 0 bridgehead atoms. The number of hydrogen-bond acceptors (Lipinski definition) is 3. The molecule has 2 aromatic rings. The minimum atomic E-state index is 0.180. The van der Waals surface area contributed by atoms with Gasteiger partial charge in [0.05, 0.1) is 0 Å². The number of nitrogens with two attached hydrogens (primary N) is 1.